The van der Waals surface area contributed by atoms with E-state index in [2.05, 4.69) is 130 Å². The normalized spacial score (nSPS) is 12.1. The van der Waals surface area contributed by atoms with E-state index in [1.54, 1.807) is 0 Å². The van der Waals surface area contributed by atoms with E-state index < -0.39 is 0 Å². The van der Waals surface area contributed by atoms with Crippen molar-refractivity contribution in [3.63, 3.8) is 0 Å². The molecule has 0 aliphatic carbocycles. The second-order valence-corrected chi connectivity index (χ2v) is 12.2. The lowest BCUT2D eigenvalue weighted by molar-refractivity contribution is 0.669. The standard InChI is InChI=1S/C36H20BrNOS/c37-29-10-6-11-33-36(29)28-17-21(14-16-32(28)39-33)22-13-15-24-26-20-35-27(25-9-4-5-12-34(25)40-35)19-31(26)38(30(24)18-22)23-7-2-1-3-8-23/h1-20H. The van der Waals surface area contributed by atoms with Crippen LogP contribution in [0.25, 0.3) is 80.7 Å². The molecular weight excluding hydrogens is 574 g/mol. The molecule has 0 spiro atoms. The molecule has 0 bridgehead atoms. The fraction of sp³-hybridized carbons (Fsp3) is 0. The lowest BCUT2D eigenvalue weighted by Crippen LogP contribution is -1.93. The highest BCUT2D eigenvalue weighted by Gasteiger charge is 2.17. The van der Waals surface area contributed by atoms with E-state index in [1.165, 1.54) is 58.8 Å². The molecule has 2 nitrogen and oxygen atoms in total. The summed E-state index contributed by atoms with van der Waals surface area (Å²) in [5.41, 5.74) is 7.76. The number of thiophene rings is 1. The van der Waals surface area contributed by atoms with Gasteiger partial charge < -0.3 is 8.98 Å². The van der Waals surface area contributed by atoms with Crippen molar-refractivity contribution in [3.8, 4) is 16.8 Å². The third kappa shape index (κ3) is 3.15. The molecule has 0 aliphatic heterocycles. The van der Waals surface area contributed by atoms with Gasteiger partial charge in [0.25, 0.3) is 0 Å². The molecule has 0 radical (unpaired) electrons. The van der Waals surface area contributed by atoms with Crippen molar-refractivity contribution in [2.75, 3.05) is 0 Å². The highest BCUT2D eigenvalue weighted by molar-refractivity contribution is 9.10. The molecule has 188 valence electrons. The third-order valence-electron chi connectivity index (χ3n) is 8.06. The Morgan fingerprint density at radius 3 is 2.25 bits per heavy atom. The smallest absolute Gasteiger partial charge is 0.136 e. The minimum absolute atomic E-state index is 0.897. The van der Waals surface area contributed by atoms with Crippen LogP contribution in [0.3, 0.4) is 0 Å². The summed E-state index contributed by atoms with van der Waals surface area (Å²) in [6.45, 7) is 0. The molecule has 4 heteroatoms. The number of aromatic nitrogens is 1. The van der Waals surface area contributed by atoms with Crippen molar-refractivity contribution in [1.82, 2.24) is 4.57 Å². The first kappa shape index (κ1) is 22.4. The van der Waals surface area contributed by atoms with Crippen molar-refractivity contribution in [3.05, 3.63) is 126 Å². The Balaban J connectivity index is 1.35. The topological polar surface area (TPSA) is 18.1 Å². The number of para-hydroxylation sites is 1. The molecule has 0 saturated carbocycles. The van der Waals surface area contributed by atoms with Gasteiger partial charge in [-0.2, -0.15) is 0 Å². The van der Waals surface area contributed by atoms with Gasteiger partial charge in [-0.05, 0) is 71.8 Å². The molecule has 0 amide bonds. The number of halogens is 1. The number of hydrogen-bond acceptors (Lipinski definition) is 2. The fourth-order valence-electron chi connectivity index (χ4n) is 6.23. The Morgan fingerprint density at radius 1 is 0.525 bits per heavy atom. The number of furan rings is 1. The summed E-state index contributed by atoms with van der Waals surface area (Å²) in [4.78, 5) is 0. The van der Waals surface area contributed by atoms with E-state index in [-0.39, 0.29) is 0 Å². The molecule has 0 unspecified atom stereocenters. The van der Waals surface area contributed by atoms with Crippen LogP contribution in [0, 0.1) is 0 Å². The lowest BCUT2D eigenvalue weighted by Gasteiger charge is -2.09. The van der Waals surface area contributed by atoms with Gasteiger partial charge >= 0.3 is 0 Å². The van der Waals surface area contributed by atoms with E-state index in [4.69, 9.17) is 4.42 Å². The summed E-state index contributed by atoms with van der Waals surface area (Å²) in [6, 6.07) is 43.7. The first-order chi connectivity index (χ1) is 19.7. The van der Waals surface area contributed by atoms with Gasteiger partial charge in [-0.3, -0.25) is 0 Å². The van der Waals surface area contributed by atoms with Gasteiger partial charge in [-0.1, -0.05) is 76.6 Å². The number of hydrogen-bond donors (Lipinski definition) is 0. The van der Waals surface area contributed by atoms with Crippen LogP contribution in [0.1, 0.15) is 0 Å². The molecule has 0 N–H and O–H groups in total. The van der Waals surface area contributed by atoms with Crippen LogP contribution in [0.15, 0.2) is 130 Å². The van der Waals surface area contributed by atoms with Crippen LogP contribution in [0.5, 0.6) is 0 Å². The summed E-state index contributed by atoms with van der Waals surface area (Å²) < 4.78 is 12.3. The van der Waals surface area contributed by atoms with Crippen molar-refractivity contribution in [2.24, 2.45) is 0 Å². The van der Waals surface area contributed by atoms with E-state index >= 15 is 0 Å². The minimum Gasteiger partial charge on any atom is -0.456 e. The van der Waals surface area contributed by atoms with Gasteiger partial charge in [0.05, 0.1) is 11.0 Å². The Bertz CT molecular complexity index is 2450. The fourth-order valence-corrected chi connectivity index (χ4v) is 7.92. The van der Waals surface area contributed by atoms with Crippen molar-refractivity contribution in [1.29, 1.82) is 0 Å². The van der Waals surface area contributed by atoms with Gasteiger partial charge in [-0.25, -0.2) is 0 Å². The second kappa shape index (κ2) is 8.31. The van der Waals surface area contributed by atoms with Crippen molar-refractivity contribution < 1.29 is 4.42 Å². The van der Waals surface area contributed by atoms with Gasteiger partial charge in [0, 0.05) is 51.9 Å². The van der Waals surface area contributed by atoms with Gasteiger partial charge in [0.1, 0.15) is 11.2 Å². The van der Waals surface area contributed by atoms with Crippen molar-refractivity contribution in [2.45, 2.75) is 0 Å². The Labute approximate surface area is 241 Å². The van der Waals surface area contributed by atoms with E-state index in [0.29, 0.717) is 0 Å². The number of fused-ring (bicyclic) bond motifs is 9. The predicted molar refractivity (Wildman–Crippen MR) is 174 cm³/mol. The summed E-state index contributed by atoms with van der Waals surface area (Å²) in [5, 5.41) is 7.42. The van der Waals surface area contributed by atoms with Crippen LogP contribution < -0.4 is 0 Å². The van der Waals surface area contributed by atoms with Gasteiger partial charge in [-0.15, -0.1) is 11.3 Å². The summed E-state index contributed by atoms with van der Waals surface area (Å²) in [7, 11) is 0. The first-order valence-corrected chi connectivity index (χ1v) is 14.9. The quantitative estimate of drug-likeness (QED) is 0.195. The van der Waals surface area contributed by atoms with Crippen LogP contribution in [-0.4, -0.2) is 4.57 Å². The van der Waals surface area contributed by atoms with Crippen LogP contribution in [-0.2, 0) is 0 Å². The summed E-state index contributed by atoms with van der Waals surface area (Å²) >= 11 is 5.61. The Morgan fingerprint density at radius 2 is 1.32 bits per heavy atom. The third-order valence-corrected chi connectivity index (χ3v) is 9.85. The highest BCUT2D eigenvalue weighted by atomic mass is 79.9. The molecule has 3 heterocycles. The van der Waals surface area contributed by atoms with Crippen LogP contribution in [0.4, 0.5) is 0 Å². The number of nitrogens with zero attached hydrogens (tertiary/aromatic N) is 1. The Hall–Kier alpha value is -4.38. The molecule has 9 rings (SSSR count). The zero-order valence-corrected chi connectivity index (χ0v) is 23.6. The van der Waals surface area contributed by atoms with Gasteiger partial charge in [0.2, 0.25) is 0 Å². The minimum atomic E-state index is 0.897. The second-order valence-electron chi connectivity index (χ2n) is 10.3. The average molecular weight is 595 g/mol. The highest BCUT2D eigenvalue weighted by Crippen LogP contribution is 2.42. The summed E-state index contributed by atoms with van der Waals surface area (Å²) in [5.74, 6) is 0. The van der Waals surface area contributed by atoms with E-state index in [9.17, 15) is 0 Å². The number of benzene rings is 6. The Kier molecular flexibility index (Phi) is 4.66. The molecule has 40 heavy (non-hydrogen) atoms. The molecule has 3 aromatic heterocycles. The molecular formula is C36H20BrNOS. The van der Waals surface area contributed by atoms with E-state index in [1.807, 2.05) is 23.5 Å². The molecule has 6 aromatic carbocycles. The average Bonchev–Trinajstić information content (AvgIpc) is 3.65. The monoisotopic (exact) mass is 593 g/mol. The predicted octanol–water partition coefficient (Wildman–Crippen LogP) is 11.5. The molecule has 0 aliphatic rings. The molecule has 9 aromatic rings. The molecule has 0 atom stereocenters. The maximum Gasteiger partial charge on any atom is 0.136 e. The zero-order valence-electron chi connectivity index (χ0n) is 21.2. The number of rotatable bonds is 2. The molecule has 0 fully saturated rings. The van der Waals surface area contributed by atoms with Crippen LogP contribution >= 0.6 is 27.3 Å². The molecule has 0 saturated heterocycles. The summed E-state index contributed by atoms with van der Waals surface area (Å²) in [6.07, 6.45) is 0. The zero-order chi connectivity index (χ0) is 26.4. The maximum absolute atomic E-state index is 6.14. The van der Waals surface area contributed by atoms with Gasteiger partial charge in [0.15, 0.2) is 0 Å². The van der Waals surface area contributed by atoms with Crippen LogP contribution in [0.2, 0.25) is 0 Å². The first-order valence-electron chi connectivity index (χ1n) is 13.3. The van der Waals surface area contributed by atoms with Crippen molar-refractivity contribution >= 4 is 91.2 Å². The largest absolute Gasteiger partial charge is 0.456 e. The van der Waals surface area contributed by atoms with E-state index in [0.717, 1.165) is 26.4 Å². The SMILES string of the molecule is Brc1cccc2oc3ccc(-c4ccc5c6cc7sc8ccccc8c7cc6n(-c6ccccc6)c5c4)cc3c12. The lowest BCUT2D eigenvalue weighted by atomic mass is 10.0. The maximum atomic E-state index is 6.14.